The van der Waals surface area contributed by atoms with Gasteiger partial charge in [-0.05, 0) is 66.9 Å². The highest BCUT2D eigenvalue weighted by molar-refractivity contribution is 6.04. The zero-order chi connectivity index (χ0) is 25.1. The maximum Gasteiger partial charge on any atom is 0.255 e. The van der Waals surface area contributed by atoms with Crippen molar-refractivity contribution >= 4 is 24.0 Å². The highest BCUT2D eigenvalue weighted by Crippen LogP contribution is 2.31. The Morgan fingerprint density at radius 1 is 1.05 bits per heavy atom. The smallest absolute Gasteiger partial charge is 0.255 e. The number of aryl methyl sites for hydroxylation is 2. The third-order valence-electron chi connectivity index (χ3n) is 6.26. The lowest BCUT2D eigenvalue weighted by molar-refractivity contribution is 0.102. The number of nitrogens with zero attached hydrogens (tertiary/aromatic N) is 2. The molecule has 37 heavy (non-hydrogen) atoms. The molecule has 1 amide bonds. The molecule has 8 nitrogen and oxygen atoms in total. The van der Waals surface area contributed by atoms with Gasteiger partial charge in [-0.3, -0.25) is 4.79 Å². The number of aromatic nitrogens is 2. The fraction of sp³-hybridized carbons (Fsp3) is 0.250. The first-order valence-corrected chi connectivity index (χ1v) is 11.9. The van der Waals surface area contributed by atoms with Crippen molar-refractivity contribution in [3.8, 4) is 34.0 Å². The molecule has 0 bridgehead atoms. The highest BCUT2D eigenvalue weighted by Gasteiger charge is 2.18. The quantitative estimate of drug-likeness (QED) is 0.319. The first-order chi connectivity index (χ1) is 17.5. The van der Waals surface area contributed by atoms with Gasteiger partial charge >= 0.3 is 0 Å². The number of hydrogen-bond donors (Lipinski definition) is 2. The molecule has 1 saturated heterocycles. The monoisotopic (exact) mass is 520 g/mol. The molecular weight excluding hydrogens is 492 g/mol. The molecule has 2 heterocycles. The Labute approximate surface area is 221 Å². The molecule has 0 aliphatic carbocycles. The van der Waals surface area contributed by atoms with Crippen molar-refractivity contribution < 1.29 is 18.8 Å². The molecule has 0 radical (unpaired) electrons. The molecule has 2 N–H and O–H groups in total. The fourth-order valence-corrected chi connectivity index (χ4v) is 4.10. The fourth-order valence-electron chi connectivity index (χ4n) is 4.10. The Morgan fingerprint density at radius 3 is 2.43 bits per heavy atom. The van der Waals surface area contributed by atoms with Crippen LogP contribution >= 0.6 is 12.4 Å². The molecule has 0 spiro atoms. The maximum atomic E-state index is 12.9. The van der Waals surface area contributed by atoms with Gasteiger partial charge in [0.25, 0.3) is 5.91 Å². The number of amides is 1. The van der Waals surface area contributed by atoms with E-state index >= 15 is 0 Å². The molecule has 1 aliphatic heterocycles. The second-order valence-corrected chi connectivity index (χ2v) is 8.81. The number of halogens is 1. The average molecular weight is 521 g/mol. The van der Waals surface area contributed by atoms with Crippen molar-refractivity contribution in [3.05, 3.63) is 77.7 Å². The molecule has 0 saturated carbocycles. The van der Waals surface area contributed by atoms with Gasteiger partial charge in [-0.25, -0.2) is 0 Å². The molecule has 192 valence electrons. The first-order valence-electron chi connectivity index (χ1n) is 11.9. The van der Waals surface area contributed by atoms with Crippen LogP contribution in [-0.4, -0.2) is 42.4 Å². The number of anilines is 1. The lowest BCUT2D eigenvalue weighted by Gasteiger charge is -2.27. The van der Waals surface area contributed by atoms with Gasteiger partial charge in [0.2, 0.25) is 11.7 Å². The van der Waals surface area contributed by atoms with Crippen LogP contribution in [-0.2, 0) is 0 Å². The zero-order valence-electron chi connectivity index (χ0n) is 20.9. The number of carbonyl (C=O) groups excluding carboxylic acids is 1. The molecule has 5 rings (SSSR count). The van der Waals surface area contributed by atoms with Gasteiger partial charge in [-0.1, -0.05) is 29.4 Å². The van der Waals surface area contributed by atoms with Crippen LogP contribution in [0.2, 0.25) is 0 Å². The van der Waals surface area contributed by atoms with Crippen molar-refractivity contribution in [1.82, 2.24) is 15.5 Å². The topological polar surface area (TPSA) is 98.5 Å². The summed E-state index contributed by atoms with van der Waals surface area (Å²) in [6.07, 6.45) is 1.09. The van der Waals surface area contributed by atoms with Crippen LogP contribution in [0.4, 0.5) is 5.69 Å². The van der Waals surface area contributed by atoms with Gasteiger partial charge in [0, 0.05) is 35.8 Å². The number of carbonyl (C=O) groups is 1. The van der Waals surface area contributed by atoms with E-state index < -0.39 is 0 Å². The van der Waals surface area contributed by atoms with Gasteiger partial charge in [-0.2, -0.15) is 4.98 Å². The number of methoxy groups -OCH3 is 1. The van der Waals surface area contributed by atoms with Crippen LogP contribution in [0.15, 0.2) is 65.2 Å². The SMILES string of the molecule is COc1ccc(NC(=O)c2ccc(-c3ccc(-c4noc(C)n4)cc3C)cc2)cc1OCC1CCN1.Cl. The van der Waals surface area contributed by atoms with Gasteiger partial charge in [0.15, 0.2) is 11.5 Å². The van der Waals surface area contributed by atoms with Crippen LogP contribution in [0.3, 0.4) is 0 Å². The summed E-state index contributed by atoms with van der Waals surface area (Å²) in [5.41, 5.74) is 5.27. The highest BCUT2D eigenvalue weighted by atomic mass is 35.5. The summed E-state index contributed by atoms with van der Waals surface area (Å²) in [7, 11) is 1.60. The number of ether oxygens (including phenoxy) is 2. The van der Waals surface area contributed by atoms with Crippen molar-refractivity contribution in [2.45, 2.75) is 26.3 Å². The predicted molar refractivity (Wildman–Crippen MR) is 145 cm³/mol. The van der Waals surface area contributed by atoms with Gasteiger partial charge in [-0.15, -0.1) is 12.4 Å². The molecular formula is C28H29ClN4O4. The number of rotatable bonds is 8. The summed E-state index contributed by atoms with van der Waals surface area (Å²) < 4.78 is 16.4. The molecule has 1 aliphatic rings. The number of nitrogens with one attached hydrogen (secondary N) is 2. The van der Waals surface area contributed by atoms with Crippen molar-refractivity contribution in [3.63, 3.8) is 0 Å². The van der Waals surface area contributed by atoms with Crippen LogP contribution < -0.4 is 20.1 Å². The van der Waals surface area contributed by atoms with E-state index in [0.29, 0.717) is 47.1 Å². The van der Waals surface area contributed by atoms with E-state index in [1.54, 1.807) is 32.2 Å². The van der Waals surface area contributed by atoms with E-state index in [1.807, 2.05) is 49.4 Å². The average Bonchev–Trinajstić information content (AvgIpc) is 3.29. The summed E-state index contributed by atoms with van der Waals surface area (Å²) in [4.78, 5) is 17.2. The minimum absolute atomic E-state index is 0. The van der Waals surface area contributed by atoms with Gasteiger partial charge in [0.1, 0.15) is 6.61 Å². The lowest BCUT2D eigenvalue weighted by atomic mass is 9.97. The third-order valence-corrected chi connectivity index (χ3v) is 6.26. The summed E-state index contributed by atoms with van der Waals surface area (Å²) in [6.45, 7) is 5.39. The van der Waals surface area contributed by atoms with Crippen LogP contribution in [0.25, 0.3) is 22.5 Å². The lowest BCUT2D eigenvalue weighted by Crippen LogP contribution is -2.46. The van der Waals surface area contributed by atoms with E-state index in [1.165, 1.54) is 0 Å². The molecule has 4 aromatic rings. The van der Waals surface area contributed by atoms with E-state index in [2.05, 4.69) is 20.8 Å². The molecule has 9 heteroatoms. The minimum Gasteiger partial charge on any atom is -0.493 e. The molecule has 1 fully saturated rings. The largest absolute Gasteiger partial charge is 0.493 e. The van der Waals surface area contributed by atoms with E-state index in [9.17, 15) is 4.79 Å². The van der Waals surface area contributed by atoms with Gasteiger partial charge < -0.3 is 24.6 Å². The summed E-state index contributed by atoms with van der Waals surface area (Å²) >= 11 is 0. The Balaban J connectivity index is 0.00000320. The van der Waals surface area contributed by atoms with E-state index in [-0.39, 0.29) is 18.3 Å². The predicted octanol–water partition coefficient (Wildman–Crippen LogP) is 5.44. The second kappa shape index (κ2) is 11.5. The van der Waals surface area contributed by atoms with E-state index in [4.69, 9.17) is 14.0 Å². The third kappa shape index (κ3) is 5.93. The van der Waals surface area contributed by atoms with E-state index in [0.717, 1.165) is 35.2 Å². The minimum atomic E-state index is -0.196. The molecule has 3 aromatic carbocycles. The Bertz CT molecular complexity index is 1380. The Kier molecular flexibility index (Phi) is 8.11. The summed E-state index contributed by atoms with van der Waals surface area (Å²) in [6, 6.07) is 19.3. The normalized spacial score (nSPS) is 14.3. The molecule has 1 unspecified atom stereocenters. The van der Waals surface area contributed by atoms with Crippen LogP contribution in [0.1, 0.15) is 28.2 Å². The summed E-state index contributed by atoms with van der Waals surface area (Å²) in [5.74, 6) is 2.14. The van der Waals surface area contributed by atoms with Crippen LogP contribution in [0.5, 0.6) is 11.5 Å². The second-order valence-electron chi connectivity index (χ2n) is 8.81. The Morgan fingerprint density at radius 2 is 1.81 bits per heavy atom. The molecule has 1 aromatic heterocycles. The number of hydrogen-bond acceptors (Lipinski definition) is 7. The number of benzene rings is 3. The van der Waals surface area contributed by atoms with Crippen LogP contribution in [0, 0.1) is 13.8 Å². The van der Waals surface area contributed by atoms with Gasteiger partial charge in [0.05, 0.1) is 7.11 Å². The summed E-state index contributed by atoms with van der Waals surface area (Å²) in [5, 5.41) is 10.2. The first kappa shape index (κ1) is 26.2. The van der Waals surface area contributed by atoms with Crippen molar-refractivity contribution in [2.75, 3.05) is 25.6 Å². The van der Waals surface area contributed by atoms with Crippen molar-refractivity contribution in [2.24, 2.45) is 0 Å². The molecule has 1 atom stereocenters. The maximum absolute atomic E-state index is 12.9. The standard InChI is InChI=1S/C28H28N4O4.ClH/c1-17-14-21(27-30-18(2)36-32-27)8-10-24(17)19-4-6-20(7-5-19)28(33)31-22-9-11-25(34-3)26(15-22)35-16-23-12-13-29-23;/h4-11,14-15,23,29H,12-13,16H2,1-3H3,(H,31,33);1H. The zero-order valence-corrected chi connectivity index (χ0v) is 21.7. The van der Waals surface area contributed by atoms with Crippen molar-refractivity contribution in [1.29, 1.82) is 0 Å². The Hall–Kier alpha value is -3.88.